The molecule has 0 bridgehead atoms. The van der Waals surface area contributed by atoms with Crippen LogP contribution in [0.3, 0.4) is 0 Å². The molecule has 5 heteroatoms. The van der Waals surface area contributed by atoms with Crippen LogP contribution in [0.5, 0.6) is 0 Å². The summed E-state index contributed by atoms with van der Waals surface area (Å²) in [5.41, 5.74) is 7.45. The van der Waals surface area contributed by atoms with Crippen molar-refractivity contribution >= 4 is 23.1 Å². The number of anilines is 1. The lowest BCUT2D eigenvalue weighted by Crippen LogP contribution is -2.23. The maximum atomic E-state index is 6.55. The zero-order valence-electron chi connectivity index (χ0n) is 17.5. The van der Waals surface area contributed by atoms with Crippen LogP contribution in [0.1, 0.15) is 33.9 Å². The van der Waals surface area contributed by atoms with E-state index in [1.807, 2.05) is 12.1 Å². The summed E-state index contributed by atoms with van der Waals surface area (Å²) in [6.45, 7) is 3.54. The van der Waals surface area contributed by atoms with E-state index >= 15 is 0 Å². The molecule has 0 saturated heterocycles. The Hall–Kier alpha value is -2.82. The van der Waals surface area contributed by atoms with Crippen LogP contribution in [0.4, 0.5) is 5.69 Å². The third-order valence-electron chi connectivity index (χ3n) is 6.12. The maximum Gasteiger partial charge on any atom is 0.128 e. The van der Waals surface area contributed by atoms with Crippen LogP contribution in [0.15, 0.2) is 71.7 Å². The molecule has 0 fully saturated rings. The van der Waals surface area contributed by atoms with E-state index in [-0.39, 0.29) is 6.04 Å². The van der Waals surface area contributed by atoms with E-state index in [0.29, 0.717) is 0 Å². The fourth-order valence-corrected chi connectivity index (χ4v) is 4.64. The van der Waals surface area contributed by atoms with Gasteiger partial charge in [-0.05, 0) is 54.3 Å². The van der Waals surface area contributed by atoms with Gasteiger partial charge in [-0.25, -0.2) is 0 Å². The van der Waals surface area contributed by atoms with Gasteiger partial charge in [0.05, 0.1) is 23.3 Å². The number of nitrogens with one attached hydrogen (secondary N) is 3. The van der Waals surface area contributed by atoms with E-state index in [1.54, 1.807) is 0 Å². The molecule has 2 aliphatic rings. The van der Waals surface area contributed by atoms with Crippen LogP contribution in [-0.4, -0.2) is 25.5 Å². The molecule has 4 nitrogen and oxygen atoms in total. The van der Waals surface area contributed by atoms with Crippen molar-refractivity contribution in [2.45, 2.75) is 25.4 Å². The van der Waals surface area contributed by atoms with E-state index in [2.05, 4.69) is 70.5 Å². The first kappa shape index (κ1) is 20.1. The standard InChI is InChI=1S/C26H27ClN4/c27-23-11-10-19-12-14-28-15-13-22(19)25(23)29-16-18-6-8-21(9-7-18)26-30-17-24(31-26)20-4-2-1-3-5-20/h1-11,24,28-29H,12-17H2,(H,30,31). The number of hydrogen-bond acceptors (Lipinski definition) is 4. The molecule has 0 aliphatic carbocycles. The molecule has 3 aromatic carbocycles. The van der Waals surface area contributed by atoms with Gasteiger partial charge in [0.1, 0.15) is 5.84 Å². The molecule has 0 aromatic heterocycles. The summed E-state index contributed by atoms with van der Waals surface area (Å²) in [7, 11) is 0. The Bertz CT molecular complexity index is 1080. The Kier molecular flexibility index (Phi) is 5.92. The van der Waals surface area contributed by atoms with E-state index in [1.165, 1.54) is 22.3 Å². The number of aliphatic imine (C=N–C) groups is 1. The SMILES string of the molecule is Clc1ccc2c(c1NCc1ccc(C3=NCC(c4ccccc4)N3)cc1)CCNCC2. The second kappa shape index (κ2) is 9.13. The lowest BCUT2D eigenvalue weighted by molar-refractivity contribution is 0.709. The number of halogens is 1. The first-order chi connectivity index (χ1) is 15.3. The molecule has 158 valence electrons. The number of hydrogen-bond donors (Lipinski definition) is 3. The van der Waals surface area contributed by atoms with Crippen molar-refractivity contribution in [3.05, 3.63) is 99.6 Å². The molecule has 31 heavy (non-hydrogen) atoms. The van der Waals surface area contributed by atoms with E-state index < -0.39 is 0 Å². The van der Waals surface area contributed by atoms with Gasteiger partial charge in [-0.15, -0.1) is 0 Å². The van der Waals surface area contributed by atoms with Gasteiger partial charge in [0, 0.05) is 12.1 Å². The number of nitrogens with zero attached hydrogens (tertiary/aromatic N) is 1. The molecule has 0 radical (unpaired) electrons. The molecule has 3 N–H and O–H groups in total. The van der Waals surface area contributed by atoms with Gasteiger partial charge in [0.15, 0.2) is 0 Å². The topological polar surface area (TPSA) is 48.5 Å². The minimum atomic E-state index is 0.252. The summed E-state index contributed by atoms with van der Waals surface area (Å²) in [6.07, 6.45) is 2.06. The molecule has 5 rings (SSSR count). The minimum Gasteiger partial charge on any atom is -0.380 e. The van der Waals surface area contributed by atoms with Gasteiger partial charge in [-0.1, -0.05) is 72.3 Å². The maximum absolute atomic E-state index is 6.55. The number of benzene rings is 3. The van der Waals surface area contributed by atoms with Crippen LogP contribution in [0.25, 0.3) is 0 Å². The monoisotopic (exact) mass is 430 g/mol. The van der Waals surface area contributed by atoms with E-state index in [0.717, 1.165) is 61.1 Å². The van der Waals surface area contributed by atoms with Crippen molar-refractivity contribution in [2.24, 2.45) is 4.99 Å². The summed E-state index contributed by atoms with van der Waals surface area (Å²) < 4.78 is 0. The fraction of sp³-hybridized carbons (Fsp3) is 0.269. The van der Waals surface area contributed by atoms with Crippen molar-refractivity contribution in [1.29, 1.82) is 0 Å². The van der Waals surface area contributed by atoms with Crippen LogP contribution < -0.4 is 16.0 Å². The van der Waals surface area contributed by atoms with E-state index in [9.17, 15) is 0 Å². The molecule has 2 heterocycles. The highest BCUT2D eigenvalue weighted by atomic mass is 35.5. The first-order valence-corrected chi connectivity index (χ1v) is 11.4. The molecule has 0 spiro atoms. The Morgan fingerprint density at radius 1 is 0.935 bits per heavy atom. The second-order valence-electron chi connectivity index (χ2n) is 8.16. The zero-order valence-corrected chi connectivity index (χ0v) is 18.3. The van der Waals surface area contributed by atoms with Crippen LogP contribution in [0, 0.1) is 0 Å². The molecule has 1 unspecified atom stereocenters. The molecular formula is C26H27ClN4. The summed E-state index contributed by atoms with van der Waals surface area (Å²) in [5.74, 6) is 0.970. The summed E-state index contributed by atoms with van der Waals surface area (Å²) >= 11 is 6.55. The Morgan fingerprint density at radius 2 is 1.74 bits per heavy atom. The highest BCUT2D eigenvalue weighted by Gasteiger charge is 2.20. The predicted molar refractivity (Wildman–Crippen MR) is 129 cm³/mol. The average Bonchev–Trinajstić information content (AvgIpc) is 3.19. The van der Waals surface area contributed by atoms with Gasteiger partial charge in [0.2, 0.25) is 0 Å². The highest BCUT2D eigenvalue weighted by Crippen LogP contribution is 2.31. The zero-order chi connectivity index (χ0) is 21.0. The number of rotatable bonds is 5. The van der Waals surface area contributed by atoms with Gasteiger partial charge in [-0.3, -0.25) is 4.99 Å². The average molecular weight is 431 g/mol. The molecule has 3 aromatic rings. The quantitative estimate of drug-likeness (QED) is 0.548. The van der Waals surface area contributed by atoms with Crippen molar-refractivity contribution in [3.8, 4) is 0 Å². The van der Waals surface area contributed by atoms with Crippen LogP contribution >= 0.6 is 11.6 Å². The van der Waals surface area contributed by atoms with Gasteiger partial charge < -0.3 is 16.0 Å². The second-order valence-corrected chi connectivity index (χ2v) is 8.56. The molecule has 0 amide bonds. The Morgan fingerprint density at radius 3 is 2.58 bits per heavy atom. The summed E-state index contributed by atoms with van der Waals surface area (Å²) in [6, 6.07) is 23.6. The lowest BCUT2D eigenvalue weighted by atomic mass is 10.0. The van der Waals surface area contributed by atoms with Gasteiger partial charge in [0.25, 0.3) is 0 Å². The van der Waals surface area contributed by atoms with Crippen LogP contribution in [0.2, 0.25) is 5.02 Å². The predicted octanol–water partition coefficient (Wildman–Crippen LogP) is 4.73. The highest BCUT2D eigenvalue weighted by molar-refractivity contribution is 6.33. The lowest BCUT2D eigenvalue weighted by Gasteiger charge is -2.16. The number of amidine groups is 1. The van der Waals surface area contributed by atoms with Crippen molar-refractivity contribution in [1.82, 2.24) is 10.6 Å². The van der Waals surface area contributed by atoms with Crippen molar-refractivity contribution < 1.29 is 0 Å². The smallest absolute Gasteiger partial charge is 0.128 e. The molecule has 2 aliphatic heterocycles. The number of fused-ring (bicyclic) bond motifs is 1. The largest absolute Gasteiger partial charge is 0.380 e. The summed E-state index contributed by atoms with van der Waals surface area (Å²) in [4.78, 5) is 4.72. The summed E-state index contributed by atoms with van der Waals surface area (Å²) in [5, 5.41) is 11.4. The third kappa shape index (κ3) is 4.46. The normalized spacial score (nSPS) is 18.0. The molecule has 0 saturated carbocycles. The Balaban J connectivity index is 1.25. The molecular weight excluding hydrogens is 404 g/mol. The minimum absolute atomic E-state index is 0.252. The fourth-order valence-electron chi connectivity index (χ4n) is 4.39. The first-order valence-electron chi connectivity index (χ1n) is 11.0. The van der Waals surface area contributed by atoms with Crippen LogP contribution in [-0.2, 0) is 19.4 Å². The Labute approximate surface area is 188 Å². The van der Waals surface area contributed by atoms with Crippen molar-refractivity contribution in [2.75, 3.05) is 25.0 Å². The van der Waals surface area contributed by atoms with Crippen molar-refractivity contribution in [3.63, 3.8) is 0 Å². The van der Waals surface area contributed by atoms with Gasteiger partial charge >= 0.3 is 0 Å². The van der Waals surface area contributed by atoms with Gasteiger partial charge in [-0.2, -0.15) is 0 Å². The van der Waals surface area contributed by atoms with E-state index in [4.69, 9.17) is 16.6 Å². The third-order valence-corrected chi connectivity index (χ3v) is 6.44. The molecule has 1 atom stereocenters.